The van der Waals surface area contributed by atoms with Gasteiger partial charge in [-0.2, -0.15) is 0 Å². The Bertz CT molecular complexity index is 1200. The Morgan fingerprint density at radius 3 is 2.64 bits per heavy atom. The normalized spacial score (nSPS) is 18.5. The molecule has 2 aromatic heterocycles. The molecular formula is C24H27N3O4S2. The van der Waals surface area contributed by atoms with E-state index in [9.17, 15) is 13.2 Å². The van der Waals surface area contributed by atoms with Crippen molar-refractivity contribution in [1.29, 1.82) is 0 Å². The van der Waals surface area contributed by atoms with Crippen molar-refractivity contribution in [2.45, 2.75) is 55.3 Å². The van der Waals surface area contributed by atoms with Gasteiger partial charge in [-0.25, -0.2) is 13.4 Å². The van der Waals surface area contributed by atoms with Crippen LogP contribution in [0, 0.1) is 0 Å². The number of benzene rings is 1. The van der Waals surface area contributed by atoms with Crippen LogP contribution in [-0.2, 0) is 26.9 Å². The number of hydrogen-bond donors (Lipinski definition) is 0. The van der Waals surface area contributed by atoms with E-state index in [2.05, 4.69) is 4.98 Å². The van der Waals surface area contributed by atoms with Crippen LogP contribution < -0.4 is 0 Å². The molecule has 5 rings (SSSR count). The van der Waals surface area contributed by atoms with Crippen molar-refractivity contribution in [3.05, 3.63) is 70.2 Å². The van der Waals surface area contributed by atoms with Crippen LogP contribution in [0.4, 0.5) is 0 Å². The zero-order valence-corrected chi connectivity index (χ0v) is 19.9. The Kier molecular flexibility index (Phi) is 6.36. The summed E-state index contributed by atoms with van der Waals surface area (Å²) in [5.41, 5.74) is 1.49. The van der Waals surface area contributed by atoms with Crippen molar-refractivity contribution in [1.82, 2.24) is 14.5 Å². The lowest BCUT2D eigenvalue weighted by Gasteiger charge is -2.25. The number of imidazole rings is 1. The van der Waals surface area contributed by atoms with E-state index in [1.807, 2.05) is 52.4 Å². The van der Waals surface area contributed by atoms with E-state index in [1.165, 1.54) is 11.3 Å². The minimum atomic E-state index is -3.62. The zero-order chi connectivity index (χ0) is 22.8. The molecule has 1 aliphatic heterocycles. The van der Waals surface area contributed by atoms with Crippen LogP contribution in [-0.4, -0.2) is 48.0 Å². The third-order valence-electron chi connectivity index (χ3n) is 6.05. The maximum absolute atomic E-state index is 13.3. The Balaban J connectivity index is 1.44. The first-order chi connectivity index (χ1) is 16.0. The molecular weight excluding hydrogens is 458 g/mol. The number of rotatable bonds is 9. The monoisotopic (exact) mass is 485 g/mol. The molecule has 2 fully saturated rings. The van der Waals surface area contributed by atoms with E-state index in [0.717, 1.165) is 36.9 Å². The quantitative estimate of drug-likeness (QED) is 0.456. The topological polar surface area (TPSA) is 81.5 Å². The second-order valence-corrected chi connectivity index (χ2v) is 11.5. The van der Waals surface area contributed by atoms with E-state index >= 15 is 0 Å². The van der Waals surface area contributed by atoms with Gasteiger partial charge in [-0.3, -0.25) is 4.79 Å². The van der Waals surface area contributed by atoms with Crippen molar-refractivity contribution in [3.63, 3.8) is 0 Å². The molecule has 33 heavy (non-hydrogen) atoms. The first kappa shape index (κ1) is 22.3. The van der Waals surface area contributed by atoms with Gasteiger partial charge in [-0.15, -0.1) is 11.3 Å². The molecule has 0 unspecified atom stereocenters. The van der Waals surface area contributed by atoms with E-state index in [1.54, 1.807) is 11.1 Å². The Hall–Kier alpha value is -2.49. The summed E-state index contributed by atoms with van der Waals surface area (Å²) in [6.45, 7) is 1.51. The van der Waals surface area contributed by atoms with Gasteiger partial charge in [-0.1, -0.05) is 36.4 Å². The average molecular weight is 486 g/mol. The minimum absolute atomic E-state index is 0.00694. The van der Waals surface area contributed by atoms with Gasteiger partial charge in [0.1, 0.15) is 0 Å². The summed E-state index contributed by atoms with van der Waals surface area (Å²) in [5, 5.41) is 1.99. The number of sulfone groups is 1. The molecule has 3 heterocycles. The molecule has 1 aliphatic carbocycles. The number of aromatic nitrogens is 2. The first-order valence-corrected chi connectivity index (χ1v) is 13.8. The highest BCUT2D eigenvalue weighted by molar-refractivity contribution is 7.90. The van der Waals surface area contributed by atoms with Crippen LogP contribution in [0.5, 0.6) is 0 Å². The van der Waals surface area contributed by atoms with Crippen molar-refractivity contribution in [3.8, 4) is 0 Å². The number of carbonyl (C=O) groups is 1. The van der Waals surface area contributed by atoms with E-state index in [-0.39, 0.29) is 29.0 Å². The van der Waals surface area contributed by atoms with Gasteiger partial charge < -0.3 is 14.2 Å². The van der Waals surface area contributed by atoms with E-state index in [4.69, 9.17) is 4.74 Å². The van der Waals surface area contributed by atoms with Crippen LogP contribution in [0.25, 0.3) is 0 Å². The minimum Gasteiger partial charge on any atom is -0.376 e. The zero-order valence-electron chi connectivity index (χ0n) is 18.3. The third-order valence-corrected chi connectivity index (χ3v) is 8.48. The van der Waals surface area contributed by atoms with Gasteiger partial charge in [0.2, 0.25) is 15.0 Å². The summed E-state index contributed by atoms with van der Waals surface area (Å²) in [6.07, 6.45) is 5.39. The maximum atomic E-state index is 13.3. The fourth-order valence-electron chi connectivity index (χ4n) is 4.31. The fraction of sp³-hybridized carbons (Fsp3) is 0.417. The second kappa shape index (κ2) is 9.40. The smallest absolute Gasteiger partial charge is 0.264 e. The Morgan fingerprint density at radius 2 is 1.97 bits per heavy atom. The van der Waals surface area contributed by atoms with Gasteiger partial charge in [0.25, 0.3) is 5.91 Å². The van der Waals surface area contributed by atoms with E-state index in [0.29, 0.717) is 24.6 Å². The number of thiophene rings is 1. The maximum Gasteiger partial charge on any atom is 0.264 e. The van der Waals surface area contributed by atoms with Gasteiger partial charge >= 0.3 is 0 Å². The molecule has 174 valence electrons. The molecule has 1 aromatic carbocycles. The first-order valence-electron chi connectivity index (χ1n) is 11.3. The van der Waals surface area contributed by atoms with Crippen LogP contribution >= 0.6 is 11.3 Å². The highest BCUT2D eigenvalue weighted by atomic mass is 32.2. The largest absolute Gasteiger partial charge is 0.376 e. The standard InChI is InChI=1S/C24H27N3O4S2/c28-23(22-9-5-13-32-22)26(16-21-8-4-12-31-21)15-20-14-25-24(27(20)19-10-11-19)33(29,30)17-18-6-2-1-3-7-18/h1-3,5-7,9,13-14,19,21H,4,8,10-12,15-17H2/t21-/m1/s1. The lowest BCUT2D eigenvalue weighted by atomic mass is 10.2. The summed E-state index contributed by atoms with van der Waals surface area (Å²) in [4.78, 5) is 20.1. The molecule has 1 saturated heterocycles. The number of amides is 1. The third kappa shape index (κ3) is 5.05. The molecule has 0 radical (unpaired) electrons. The molecule has 0 spiro atoms. The molecule has 1 saturated carbocycles. The van der Waals surface area contributed by atoms with Crippen LogP contribution in [0.3, 0.4) is 0 Å². The van der Waals surface area contributed by atoms with E-state index < -0.39 is 9.84 Å². The van der Waals surface area contributed by atoms with Crippen molar-refractivity contribution < 1.29 is 17.9 Å². The van der Waals surface area contributed by atoms with Crippen LogP contribution in [0.1, 0.15) is 52.7 Å². The van der Waals surface area contributed by atoms with Crippen molar-refractivity contribution in [2.24, 2.45) is 0 Å². The summed E-state index contributed by atoms with van der Waals surface area (Å²) < 4.78 is 34.2. The average Bonchev–Trinajstić information content (AvgIpc) is 3.21. The fourth-order valence-corrected chi connectivity index (χ4v) is 6.54. The number of carbonyl (C=O) groups excluding carboxylic acids is 1. The molecule has 0 N–H and O–H groups in total. The van der Waals surface area contributed by atoms with Gasteiger partial charge in [0, 0.05) is 19.2 Å². The molecule has 2 aliphatic rings. The SMILES string of the molecule is O=C(c1cccs1)N(Cc1cnc(S(=O)(=O)Cc2ccccc2)n1C1CC1)C[C@H]1CCCO1. The molecule has 0 bridgehead atoms. The highest BCUT2D eigenvalue weighted by Gasteiger charge is 2.34. The lowest BCUT2D eigenvalue weighted by molar-refractivity contribution is 0.0505. The Labute approximate surface area is 197 Å². The highest BCUT2D eigenvalue weighted by Crippen LogP contribution is 2.39. The number of hydrogen-bond acceptors (Lipinski definition) is 6. The second-order valence-electron chi connectivity index (χ2n) is 8.68. The molecule has 9 heteroatoms. The predicted molar refractivity (Wildman–Crippen MR) is 126 cm³/mol. The van der Waals surface area contributed by atoms with Crippen LogP contribution in [0.15, 0.2) is 59.2 Å². The van der Waals surface area contributed by atoms with Crippen LogP contribution in [0.2, 0.25) is 0 Å². The summed E-state index contributed by atoms with van der Waals surface area (Å²) in [5.74, 6) is -0.150. The summed E-state index contributed by atoms with van der Waals surface area (Å²) in [7, 11) is -3.62. The van der Waals surface area contributed by atoms with Gasteiger partial charge in [0.15, 0.2) is 0 Å². The summed E-state index contributed by atoms with van der Waals surface area (Å²) >= 11 is 1.41. The van der Waals surface area contributed by atoms with Crippen molar-refractivity contribution in [2.75, 3.05) is 13.2 Å². The molecule has 3 aromatic rings. The molecule has 7 nitrogen and oxygen atoms in total. The molecule has 1 amide bonds. The Morgan fingerprint density at radius 1 is 1.15 bits per heavy atom. The van der Waals surface area contributed by atoms with Gasteiger partial charge in [0.05, 0.1) is 35.2 Å². The predicted octanol–water partition coefficient (Wildman–Crippen LogP) is 4.07. The number of nitrogens with zero attached hydrogens (tertiary/aromatic N) is 3. The lowest BCUT2D eigenvalue weighted by Crippen LogP contribution is -2.37. The molecule has 1 atom stereocenters. The number of ether oxygens (including phenoxy) is 1. The van der Waals surface area contributed by atoms with Crippen molar-refractivity contribution >= 4 is 27.1 Å². The van der Waals surface area contributed by atoms with Gasteiger partial charge in [-0.05, 0) is 42.7 Å². The summed E-state index contributed by atoms with van der Waals surface area (Å²) in [6, 6.07) is 13.0.